The van der Waals surface area contributed by atoms with E-state index < -0.39 is 0 Å². The molecule has 5 heteroatoms. The first-order valence-electron chi connectivity index (χ1n) is 5.29. The largest absolute Gasteiger partial charge is 0.353 e. The highest BCUT2D eigenvalue weighted by Crippen LogP contribution is 2.44. The highest BCUT2D eigenvalue weighted by molar-refractivity contribution is 5.87. The van der Waals surface area contributed by atoms with Gasteiger partial charge in [0.15, 0.2) is 0 Å². The van der Waals surface area contributed by atoms with E-state index >= 15 is 0 Å². The quantitative estimate of drug-likeness (QED) is 0.548. The van der Waals surface area contributed by atoms with Gasteiger partial charge in [-0.3, -0.25) is 14.9 Å². The molecule has 2 atom stereocenters. The van der Waals surface area contributed by atoms with Crippen LogP contribution in [0.3, 0.4) is 0 Å². The molecule has 84 valence electrons. The molecule has 5 nitrogen and oxygen atoms in total. The fourth-order valence-electron chi connectivity index (χ4n) is 1.74. The molecule has 0 aromatic rings. The van der Waals surface area contributed by atoms with Gasteiger partial charge in [-0.15, -0.1) is 0 Å². The second-order valence-electron chi connectivity index (χ2n) is 4.99. The van der Waals surface area contributed by atoms with Gasteiger partial charge in [0.2, 0.25) is 11.8 Å². The second kappa shape index (κ2) is 3.48. The van der Waals surface area contributed by atoms with Crippen LogP contribution in [0.5, 0.6) is 0 Å². The van der Waals surface area contributed by atoms with E-state index in [1.165, 1.54) is 0 Å². The van der Waals surface area contributed by atoms with E-state index in [9.17, 15) is 9.59 Å². The van der Waals surface area contributed by atoms with Crippen LogP contribution >= 0.6 is 0 Å². The summed E-state index contributed by atoms with van der Waals surface area (Å²) in [5.74, 6) is -0.0589. The monoisotopic (exact) mass is 211 g/mol. The fourth-order valence-corrected chi connectivity index (χ4v) is 1.74. The SMILES string of the molecule is CC1(C)CC1NC(=O)C1CNC(=O)CN1. The third kappa shape index (κ3) is 2.28. The van der Waals surface area contributed by atoms with E-state index in [0.29, 0.717) is 12.6 Å². The average molecular weight is 211 g/mol. The first-order chi connectivity index (χ1) is 6.99. The third-order valence-electron chi connectivity index (χ3n) is 3.16. The lowest BCUT2D eigenvalue weighted by molar-refractivity contribution is -0.126. The van der Waals surface area contributed by atoms with Crippen molar-refractivity contribution in [2.24, 2.45) is 5.41 Å². The minimum absolute atomic E-state index is 0.00873. The van der Waals surface area contributed by atoms with E-state index in [1.54, 1.807) is 0 Å². The topological polar surface area (TPSA) is 70.2 Å². The van der Waals surface area contributed by atoms with Crippen LogP contribution in [0.25, 0.3) is 0 Å². The standard InChI is InChI=1S/C10H17N3O2/c1-10(2)3-7(10)13-9(15)6-4-12-8(14)5-11-6/h6-7,11H,3-5H2,1-2H3,(H,12,14)(H,13,15). The number of carbonyl (C=O) groups is 2. The molecule has 1 aliphatic heterocycles. The molecule has 2 unspecified atom stereocenters. The summed E-state index contributed by atoms with van der Waals surface area (Å²) in [6.07, 6.45) is 1.04. The smallest absolute Gasteiger partial charge is 0.239 e. The van der Waals surface area contributed by atoms with Crippen LogP contribution in [0.15, 0.2) is 0 Å². The lowest BCUT2D eigenvalue weighted by atomic mass is 10.1. The van der Waals surface area contributed by atoms with Gasteiger partial charge in [0.05, 0.1) is 6.54 Å². The molecule has 2 amide bonds. The molecule has 0 radical (unpaired) electrons. The molecule has 15 heavy (non-hydrogen) atoms. The number of piperazine rings is 1. The predicted molar refractivity (Wildman–Crippen MR) is 55.1 cm³/mol. The lowest BCUT2D eigenvalue weighted by Crippen LogP contribution is -2.58. The van der Waals surface area contributed by atoms with E-state index in [1.807, 2.05) is 0 Å². The van der Waals surface area contributed by atoms with Crippen molar-refractivity contribution in [3.63, 3.8) is 0 Å². The van der Waals surface area contributed by atoms with Crippen molar-refractivity contribution in [3.8, 4) is 0 Å². The zero-order valence-electron chi connectivity index (χ0n) is 9.09. The van der Waals surface area contributed by atoms with Crippen LogP contribution in [0, 0.1) is 5.41 Å². The van der Waals surface area contributed by atoms with Crippen molar-refractivity contribution in [2.75, 3.05) is 13.1 Å². The van der Waals surface area contributed by atoms with Gasteiger partial charge in [-0.25, -0.2) is 0 Å². The predicted octanol–water partition coefficient (Wildman–Crippen LogP) is -1.01. The summed E-state index contributed by atoms with van der Waals surface area (Å²) in [4.78, 5) is 22.6. The summed E-state index contributed by atoms with van der Waals surface area (Å²) in [5, 5.41) is 8.55. The fraction of sp³-hybridized carbons (Fsp3) is 0.800. The Labute approximate surface area is 89.0 Å². The van der Waals surface area contributed by atoms with Crippen LogP contribution < -0.4 is 16.0 Å². The summed E-state index contributed by atoms with van der Waals surface area (Å²) in [7, 11) is 0. The zero-order chi connectivity index (χ0) is 11.1. The van der Waals surface area contributed by atoms with Gasteiger partial charge >= 0.3 is 0 Å². The van der Waals surface area contributed by atoms with Gasteiger partial charge in [-0.2, -0.15) is 0 Å². The van der Waals surface area contributed by atoms with Crippen molar-refractivity contribution in [1.29, 1.82) is 0 Å². The molecule has 0 aromatic heterocycles. The van der Waals surface area contributed by atoms with E-state index in [-0.39, 0.29) is 29.8 Å². The second-order valence-corrected chi connectivity index (χ2v) is 4.99. The highest BCUT2D eigenvalue weighted by atomic mass is 16.2. The summed E-state index contributed by atoms with van der Waals surface area (Å²) in [6, 6.07) is 0.0172. The van der Waals surface area contributed by atoms with Crippen molar-refractivity contribution in [1.82, 2.24) is 16.0 Å². The third-order valence-corrected chi connectivity index (χ3v) is 3.16. The Morgan fingerprint density at radius 1 is 1.53 bits per heavy atom. The number of hydrogen-bond donors (Lipinski definition) is 3. The highest BCUT2D eigenvalue weighted by Gasteiger charge is 2.47. The normalized spacial score (nSPS) is 33.1. The van der Waals surface area contributed by atoms with Crippen LogP contribution in [0.4, 0.5) is 0 Å². The van der Waals surface area contributed by atoms with Crippen molar-refractivity contribution in [2.45, 2.75) is 32.4 Å². The maximum atomic E-state index is 11.7. The maximum Gasteiger partial charge on any atom is 0.239 e. The molecule has 0 spiro atoms. The van der Waals surface area contributed by atoms with Crippen LogP contribution in [-0.4, -0.2) is 37.0 Å². The molecule has 0 bridgehead atoms. The van der Waals surface area contributed by atoms with Crippen LogP contribution in [0.2, 0.25) is 0 Å². The Balaban J connectivity index is 1.79. The van der Waals surface area contributed by atoms with Gasteiger partial charge in [-0.05, 0) is 11.8 Å². The van der Waals surface area contributed by atoms with Gasteiger partial charge in [0, 0.05) is 12.6 Å². The molecule has 1 saturated heterocycles. The molecule has 1 aliphatic carbocycles. The van der Waals surface area contributed by atoms with Gasteiger partial charge in [0.25, 0.3) is 0 Å². The minimum atomic E-state index is -0.279. The molecule has 2 aliphatic rings. The summed E-state index contributed by atoms with van der Waals surface area (Å²) >= 11 is 0. The molecular formula is C10H17N3O2. The van der Waals surface area contributed by atoms with Crippen LogP contribution in [0.1, 0.15) is 20.3 Å². The zero-order valence-corrected chi connectivity index (χ0v) is 9.09. The number of hydrogen-bond acceptors (Lipinski definition) is 3. The summed E-state index contributed by atoms with van der Waals surface area (Å²) in [6.45, 7) is 4.88. The Morgan fingerprint density at radius 2 is 2.20 bits per heavy atom. The van der Waals surface area contributed by atoms with E-state index in [2.05, 4.69) is 29.8 Å². The first-order valence-corrected chi connectivity index (χ1v) is 5.29. The van der Waals surface area contributed by atoms with E-state index in [4.69, 9.17) is 0 Å². The summed E-state index contributed by atoms with van der Waals surface area (Å²) < 4.78 is 0. The number of carbonyl (C=O) groups excluding carboxylic acids is 2. The van der Waals surface area contributed by atoms with Gasteiger partial charge < -0.3 is 10.6 Å². The average Bonchev–Trinajstić information content (AvgIpc) is 2.74. The molecule has 1 heterocycles. The Bertz CT molecular complexity index is 291. The molecular weight excluding hydrogens is 194 g/mol. The molecule has 1 saturated carbocycles. The number of rotatable bonds is 2. The number of amides is 2. The van der Waals surface area contributed by atoms with Crippen molar-refractivity contribution < 1.29 is 9.59 Å². The van der Waals surface area contributed by atoms with E-state index in [0.717, 1.165) is 6.42 Å². The van der Waals surface area contributed by atoms with Gasteiger partial charge in [0.1, 0.15) is 6.04 Å². The Morgan fingerprint density at radius 3 is 2.67 bits per heavy atom. The molecule has 3 N–H and O–H groups in total. The summed E-state index contributed by atoms with van der Waals surface area (Å²) in [5.41, 5.74) is 0.244. The maximum absolute atomic E-state index is 11.7. The first kappa shape index (κ1) is 10.4. The molecule has 2 rings (SSSR count). The Kier molecular flexibility index (Phi) is 2.42. The lowest BCUT2D eigenvalue weighted by Gasteiger charge is -2.23. The molecule has 2 fully saturated rings. The minimum Gasteiger partial charge on any atom is -0.353 e. The van der Waals surface area contributed by atoms with Crippen molar-refractivity contribution >= 4 is 11.8 Å². The molecule has 0 aromatic carbocycles. The van der Waals surface area contributed by atoms with Crippen molar-refractivity contribution in [3.05, 3.63) is 0 Å². The van der Waals surface area contributed by atoms with Crippen LogP contribution in [-0.2, 0) is 9.59 Å². The number of nitrogens with one attached hydrogen (secondary N) is 3. The Hall–Kier alpha value is -1.10. The van der Waals surface area contributed by atoms with Gasteiger partial charge in [-0.1, -0.05) is 13.8 Å².